The summed E-state index contributed by atoms with van der Waals surface area (Å²) in [5.41, 5.74) is 11.6. The van der Waals surface area contributed by atoms with Gasteiger partial charge in [-0.2, -0.15) is 0 Å². The fraction of sp³-hybridized carbons (Fsp3) is 0.600. The van der Waals surface area contributed by atoms with Gasteiger partial charge in [-0.25, -0.2) is 0 Å². The molecule has 1 aromatic carbocycles. The van der Waals surface area contributed by atoms with Gasteiger partial charge in [-0.1, -0.05) is 0 Å². The molecule has 2 heteroatoms. The summed E-state index contributed by atoms with van der Waals surface area (Å²) < 4.78 is 0. The molecule has 1 atom stereocenters. The van der Waals surface area contributed by atoms with Crippen LogP contribution in [-0.4, -0.2) is 17.5 Å². The summed E-state index contributed by atoms with van der Waals surface area (Å²) in [5.74, 6) is 0.755. The quantitative estimate of drug-likeness (QED) is 0.752. The summed E-state index contributed by atoms with van der Waals surface area (Å²) in [4.78, 5) is 2.58. The van der Waals surface area contributed by atoms with E-state index in [4.69, 9.17) is 5.73 Å². The van der Waals surface area contributed by atoms with Crippen molar-refractivity contribution in [2.75, 3.05) is 12.3 Å². The number of hydrogen-bond acceptors (Lipinski definition) is 2. The van der Waals surface area contributed by atoms with Crippen LogP contribution >= 0.6 is 0 Å². The van der Waals surface area contributed by atoms with Crippen molar-refractivity contribution in [2.24, 2.45) is 0 Å². The second-order valence-electron chi connectivity index (χ2n) is 5.87. The summed E-state index contributed by atoms with van der Waals surface area (Å²) in [6, 6.07) is 5.04. The second-order valence-corrected chi connectivity index (χ2v) is 5.87. The highest BCUT2D eigenvalue weighted by atomic mass is 15.2. The molecule has 0 amide bonds. The SMILES string of the molecule is CC(C)N1Cc2cc(N)cc3c2[C@H](CCC3)C1. The Balaban J connectivity index is 2.06. The molecule has 0 fully saturated rings. The average Bonchev–Trinajstić information content (AvgIpc) is 2.28. The second kappa shape index (κ2) is 4.02. The zero-order valence-corrected chi connectivity index (χ0v) is 10.9. The van der Waals surface area contributed by atoms with Crippen LogP contribution in [0.1, 0.15) is 49.3 Å². The van der Waals surface area contributed by atoms with Crippen LogP contribution in [0.2, 0.25) is 0 Å². The first-order valence-corrected chi connectivity index (χ1v) is 6.80. The van der Waals surface area contributed by atoms with Crippen LogP contribution in [-0.2, 0) is 13.0 Å². The highest BCUT2D eigenvalue weighted by molar-refractivity contribution is 5.52. The number of hydrogen-bond donors (Lipinski definition) is 1. The van der Waals surface area contributed by atoms with Crippen LogP contribution in [0, 0.1) is 0 Å². The van der Waals surface area contributed by atoms with Gasteiger partial charge in [0.1, 0.15) is 0 Å². The van der Waals surface area contributed by atoms with E-state index in [1.807, 2.05) is 0 Å². The maximum atomic E-state index is 6.03. The number of nitrogens with zero attached hydrogens (tertiary/aromatic N) is 1. The van der Waals surface area contributed by atoms with Crippen molar-refractivity contribution in [1.82, 2.24) is 4.90 Å². The Morgan fingerprint density at radius 3 is 2.82 bits per heavy atom. The zero-order chi connectivity index (χ0) is 12.0. The summed E-state index contributed by atoms with van der Waals surface area (Å²) in [6.07, 6.45) is 3.91. The van der Waals surface area contributed by atoms with Gasteiger partial charge < -0.3 is 5.73 Å². The fourth-order valence-corrected chi connectivity index (χ4v) is 3.49. The molecule has 2 aliphatic rings. The normalized spacial score (nSPS) is 23.8. The Hall–Kier alpha value is -1.02. The molecule has 0 saturated carbocycles. The van der Waals surface area contributed by atoms with Gasteiger partial charge in [0, 0.05) is 24.8 Å². The molecule has 92 valence electrons. The number of anilines is 1. The van der Waals surface area contributed by atoms with E-state index in [2.05, 4.69) is 30.9 Å². The molecule has 17 heavy (non-hydrogen) atoms. The Morgan fingerprint density at radius 1 is 1.29 bits per heavy atom. The summed E-state index contributed by atoms with van der Waals surface area (Å²) in [7, 11) is 0. The van der Waals surface area contributed by atoms with Crippen LogP contribution in [0.4, 0.5) is 5.69 Å². The molecule has 0 saturated heterocycles. The third kappa shape index (κ3) is 1.85. The third-order valence-corrected chi connectivity index (χ3v) is 4.34. The lowest BCUT2D eigenvalue weighted by Crippen LogP contribution is -2.39. The van der Waals surface area contributed by atoms with Gasteiger partial charge >= 0.3 is 0 Å². The lowest BCUT2D eigenvalue weighted by molar-refractivity contribution is 0.176. The minimum Gasteiger partial charge on any atom is -0.399 e. The van der Waals surface area contributed by atoms with Gasteiger partial charge in [-0.15, -0.1) is 0 Å². The maximum absolute atomic E-state index is 6.03. The van der Waals surface area contributed by atoms with E-state index in [1.165, 1.54) is 36.9 Å². The maximum Gasteiger partial charge on any atom is 0.0320 e. The zero-order valence-electron chi connectivity index (χ0n) is 10.9. The van der Waals surface area contributed by atoms with Gasteiger partial charge in [0.2, 0.25) is 0 Å². The van der Waals surface area contributed by atoms with Crippen molar-refractivity contribution in [3.05, 3.63) is 28.8 Å². The van der Waals surface area contributed by atoms with Crippen molar-refractivity contribution >= 4 is 5.69 Å². The molecule has 3 rings (SSSR count). The molecule has 1 heterocycles. The number of nitrogens with two attached hydrogens (primary N) is 1. The van der Waals surface area contributed by atoms with Gasteiger partial charge in [0.25, 0.3) is 0 Å². The van der Waals surface area contributed by atoms with Crippen LogP contribution in [0.25, 0.3) is 0 Å². The molecular formula is C15H22N2. The van der Waals surface area contributed by atoms with Crippen molar-refractivity contribution < 1.29 is 0 Å². The summed E-state index contributed by atoms with van der Waals surface area (Å²) in [6.45, 7) is 6.91. The van der Waals surface area contributed by atoms with E-state index in [9.17, 15) is 0 Å². The Morgan fingerprint density at radius 2 is 2.06 bits per heavy atom. The van der Waals surface area contributed by atoms with Crippen molar-refractivity contribution in [2.45, 2.75) is 51.6 Å². The molecule has 2 nitrogen and oxygen atoms in total. The molecule has 2 N–H and O–H groups in total. The first-order valence-electron chi connectivity index (χ1n) is 6.80. The number of benzene rings is 1. The molecule has 0 spiro atoms. The monoisotopic (exact) mass is 230 g/mol. The highest BCUT2D eigenvalue weighted by Gasteiger charge is 2.30. The first-order chi connectivity index (χ1) is 8.15. The van der Waals surface area contributed by atoms with Crippen molar-refractivity contribution in [3.63, 3.8) is 0 Å². The van der Waals surface area contributed by atoms with Gasteiger partial charge in [0.05, 0.1) is 0 Å². The average molecular weight is 230 g/mol. The minimum absolute atomic E-state index is 0.634. The standard InChI is InChI=1S/C15H22N2/c1-10(2)17-8-12-5-3-4-11-6-14(16)7-13(9-17)15(11)12/h6-7,10,12H,3-5,8-9,16H2,1-2H3/t12-/m1/s1. The predicted molar refractivity (Wildman–Crippen MR) is 72.1 cm³/mol. The van der Waals surface area contributed by atoms with E-state index >= 15 is 0 Å². The number of aryl methyl sites for hydroxylation is 1. The lowest BCUT2D eigenvalue weighted by Gasteiger charge is -2.40. The van der Waals surface area contributed by atoms with E-state index in [0.29, 0.717) is 6.04 Å². The lowest BCUT2D eigenvalue weighted by atomic mass is 9.77. The molecule has 0 radical (unpaired) electrons. The molecule has 0 aromatic heterocycles. The van der Waals surface area contributed by atoms with Crippen LogP contribution in [0.15, 0.2) is 12.1 Å². The van der Waals surface area contributed by atoms with Crippen LogP contribution < -0.4 is 5.73 Å². The van der Waals surface area contributed by atoms with Crippen molar-refractivity contribution in [1.29, 1.82) is 0 Å². The Kier molecular flexibility index (Phi) is 2.62. The van der Waals surface area contributed by atoms with E-state index in [-0.39, 0.29) is 0 Å². The first kappa shape index (κ1) is 11.1. The minimum atomic E-state index is 0.634. The molecule has 1 aliphatic carbocycles. The Bertz CT molecular complexity index is 437. The summed E-state index contributed by atoms with van der Waals surface area (Å²) >= 11 is 0. The third-order valence-electron chi connectivity index (χ3n) is 4.34. The topological polar surface area (TPSA) is 29.3 Å². The fourth-order valence-electron chi connectivity index (χ4n) is 3.49. The molecule has 0 bridgehead atoms. The van der Waals surface area contributed by atoms with E-state index in [1.54, 1.807) is 5.56 Å². The van der Waals surface area contributed by atoms with E-state index < -0.39 is 0 Å². The van der Waals surface area contributed by atoms with Crippen LogP contribution in [0.3, 0.4) is 0 Å². The van der Waals surface area contributed by atoms with Crippen LogP contribution in [0.5, 0.6) is 0 Å². The number of rotatable bonds is 1. The van der Waals surface area contributed by atoms with Gasteiger partial charge in [0.15, 0.2) is 0 Å². The molecular weight excluding hydrogens is 208 g/mol. The Labute approximate surface area is 104 Å². The number of nitrogen functional groups attached to an aromatic ring is 1. The van der Waals surface area contributed by atoms with Gasteiger partial charge in [-0.3, -0.25) is 4.90 Å². The highest BCUT2D eigenvalue weighted by Crippen LogP contribution is 2.40. The largest absolute Gasteiger partial charge is 0.399 e. The predicted octanol–water partition coefficient (Wildman–Crippen LogP) is 2.91. The molecule has 0 unspecified atom stereocenters. The van der Waals surface area contributed by atoms with E-state index in [0.717, 1.165) is 18.2 Å². The molecule has 1 aliphatic heterocycles. The smallest absolute Gasteiger partial charge is 0.0320 e. The summed E-state index contributed by atoms with van der Waals surface area (Å²) in [5, 5.41) is 0. The van der Waals surface area contributed by atoms with Crippen molar-refractivity contribution in [3.8, 4) is 0 Å². The van der Waals surface area contributed by atoms with Gasteiger partial charge in [-0.05, 0) is 67.9 Å². The molecule has 1 aromatic rings.